The fourth-order valence-electron chi connectivity index (χ4n) is 2.99. The summed E-state index contributed by atoms with van der Waals surface area (Å²) in [5.41, 5.74) is 2.76. The first kappa shape index (κ1) is 20.2. The first-order valence-corrected chi connectivity index (χ1v) is 9.52. The van der Waals surface area contributed by atoms with Gasteiger partial charge >= 0.3 is 5.97 Å². The van der Waals surface area contributed by atoms with Crippen LogP contribution in [-0.4, -0.2) is 36.6 Å². The number of aromatic nitrogens is 3. The highest BCUT2D eigenvalue weighted by molar-refractivity contribution is 6.00. The Bertz CT molecular complexity index is 989. The third-order valence-electron chi connectivity index (χ3n) is 4.55. The zero-order valence-corrected chi connectivity index (χ0v) is 16.2. The minimum absolute atomic E-state index is 0.0926. The standard InChI is InChI=1S/C21H24N4O4/c1-2-3-10-25-12-16(21(28)29)19(13-25)24-20(27)9-5-14-4-7-18(23-14)17-8-6-15(26)11-22-17/h4,6-8,11-13,23,26H,2-3,5,9-10H2,1H3,(H,24,27)(H,28,29). The molecule has 3 heterocycles. The molecule has 0 bridgehead atoms. The number of hydrogen-bond acceptors (Lipinski definition) is 4. The van der Waals surface area contributed by atoms with Crippen LogP contribution in [0, 0.1) is 0 Å². The molecule has 0 aromatic carbocycles. The smallest absolute Gasteiger partial charge is 0.339 e. The summed E-state index contributed by atoms with van der Waals surface area (Å²) in [6, 6.07) is 7.00. The third kappa shape index (κ3) is 5.25. The lowest BCUT2D eigenvalue weighted by atomic mass is 10.2. The van der Waals surface area contributed by atoms with Crippen LogP contribution in [0.5, 0.6) is 5.75 Å². The van der Waals surface area contributed by atoms with Gasteiger partial charge < -0.3 is 25.1 Å². The normalized spacial score (nSPS) is 10.8. The molecule has 0 saturated heterocycles. The van der Waals surface area contributed by atoms with Crippen molar-refractivity contribution < 1.29 is 19.8 Å². The predicted molar refractivity (Wildman–Crippen MR) is 109 cm³/mol. The van der Waals surface area contributed by atoms with Gasteiger partial charge in [0.15, 0.2) is 0 Å². The number of hydrogen-bond donors (Lipinski definition) is 4. The summed E-state index contributed by atoms with van der Waals surface area (Å²) in [6.07, 6.45) is 7.21. The Morgan fingerprint density at radius 1 is 1.21 bits per heavy atom. The van der Waals surface area contributed by atoms with E-state index in [1.165, 1.54) is 6.20 Å². The second kappa shape index (κ2) is 9.09. The Balaban J connectivity index is 1.59. The lowest BCUT2D eigenvalue weighted by Crippen LogP contribution is -2.14. The molecule has 0 radical (unpaired) electrons. The number of nitrogens with zero attached hydrogens (tertiary/aromatic N) is 2. The van der Waals surface area contributed by atoms with Crippen molar-refractivity contribution in [1.29, 1.82) is 0 Å². The largest absolute Gasteiger partial charge is 0.506 e. The number of H-pyrrole nitrogens is 1. The first-order chi connectivity index (χ1) is 14.0. The van der Waals surface area contributed by atoms with Gasteiger partial charge in [-0.05, 0) is 37.1 Å². The number of aromatic amines is 1. The number of pyridine rings is 1. The summed E-state index contributed by atoms with van der Waals surface area (Å²) in [6.45, 7) is 2.78. The van der Waals surface area contributed by atoms with Gasteiger partial charge in [0.25, 0.3) is 0 Å². The molecule has 29 heavy (non-hydrogen) atoms. The Labute approximate surface area is 168 Å². The van der Waals surface area contributed by atoms with Crippen molar-refractivity contribution in [2.75, 3.05) is 5.32 Å². The molecule has 4 N–H and O–H groups in total. The maximum Gasteiger partial charge on any atom is 0.339 e. The van der Waals surface area contributed by atoms with Gasteiger partial charge in [0.05, 0.1) is 23.3 Å². The van der Waals surface area contributed by atoms with Gasteiger partial charge in [-0.2, -0.15) is 0 Å². The van der Waals surface area contributed by atoms with Gasteiger partial charge in [0.2, 0.25) is 5.91 Å². The van der Waals surface area contributed by atoms with E-state index in [2.05, 4.69) is 22.2 Å². The van der Waals surface area contributed by atoms with Crippen molar-refractivity contribution in [3.05, 3.63) is 54.1 Å². The lowest BCUT2D eigenvalue weighted by Gasteiger charge is -2.04. The number of unbranched alkanes of at least 4 members (excludes halogenated alkanes) is 1. The fourth-order valence-corrected chi connectivity index (χ4v) is 2.99. The number of aromatic carboxylic acids is 1. The molecule has 8 heteroatoms. The third-order valence-corrected chi connectivity index (χ3v) is 4.55. The van der Waals surface area contributed by atoms with Gasteiger partial charge in [0.1, 0.15) is 11.3 Å². The Morgan fingerprint density at radius 2 is 2.03 bits per heavy atom. The van der Waals surface area contributed by atoms with Crippen LogP contribution in [0.3, 0.4) is 0 Å². The van der Waals surface area contributed by atoms with Gasteiger partial charge in [-0.25, -0.2) is 4.79 Å². The molecule has 0 aliphatic heterocycles. The van der Waals surface area contributed by atoms with Gasteiger partial charge in [-0.15, -0.1) is 0 Å². The van der Waals surface area contributed by atoms with Crippen LogP contribution in [-0.2, 0) is 17.8 Å². The second-order valence-corrected chi connectivity index (χ2v) is 6.83. The number of aromatic hydroxyl groups is 1. The Hall–Kier alpha value is -3.55. The number of amides is 1. The molecule has 152 valence electrons. The molecule has 0 fully saturated rings. The molecule has 0 saturated carbocycles. The highest BCUT2D eigenvalue weighted by atomic mass is 16.4. The average molecular weight is 396 g/mol. The number of nitrogens with one attached hydrogen (secondary N) is 2. The zero-order chi connectivity index (χ0) is 20.8. The highest BCUT2D eigenvalue weighted by Gasteiger charge is 2.16. The summed E-state index contributed by atoms with van der Waals surface area (Å²) in [5, 5.41) is 21.4. The van der Waals surface area contributed by atoms with E-state index < -0.39 is 5.97 Å². The van der Waals surface area contributed by atoms with Crippen molar-refractivity contribution >= 4 is 17.6 Å². The van der Waals surface area contributed by atoms with Crippen LogP contribution >= 0.6 is 0 Å². The quantitative estimate of drug-likeness (QED) is 0.440. The summed E-state index contributed by atoms with van der Waals surface area (Å²) in [4.78, 5) is 31.1. The summed E-state index contributed by atoms with van der Waals surface area (Å²) < 4.78 is 1.80. The number of carboxylic acids is 1. The highest BCUT2D eigenvalue weighted by Crippen LogP contribution is 2.20. The lowest BCUT2D eigenvalue weighted by molar-refractivity contribution is -0.116. The molecule has 3 aromatic rings. The van der Waals surface area contributed by atoms with E-state index >= 15 is 0 Å². The zero-order valence-electron chi connectivity index (χ0n) is 16.2. The van der Waals surface area contributed by atoms with Crippen LogP contribution in [0.25, 0.3) is 11.4 Å². The van der Waals surface area contributed by atoms with E-state index in [4.69, 9.17) is 0 Å². The number of carbonyl (C=O) groups excluding carboxylic acids is 1. The second-order valence-electron chi connectivity index (χ2n) is 6.83. The fraction of sp³-hybridized carbons (Fsp3) is 0.286. The summed E-state index contributed by atoms with van der Waals surface area (Å²) in [7, 11) is 0. The minimum atomic E-state index is -1.06. The van der Waals surface area contributed by atoms with Crippen molar-refractivity contribution in [3.8, 4) is 17.1 Å². The SMILES string of the molecule is CCCCn1cc(NC(=O)CCc2ccc(-c3ccc(O)cn3)[nH]2)c(C(=O)O)c1. The molecular formula is C21H24N4O4. The molecule has 3 rings (SSSR count). The molecule has 1 amide bonds. The predicted octanol–water partition coefficient (Wildman–Crippen LogP) is 3.65. The average Bonchev–Trinajstić information content (AvgIpc) is 3.32. The molecule has 3 aromatic heterocycles. The van der Waals surface area contributed by atoms with Crippen LogP contribution in [0.2, 0.25) is 0 Å². The number of rotatable bonds is 9. The van der Waals surface area contributed by atoms with Crippen molar-refractivity contribution in [2.24, 2.45) is 0 Å². The maximum absolute atomic E-state index is 12.3. The van der Waals surface area contributed by atoms with E-state index in [1.54, 1.807) is 29.1 Å². The summed E-state index contributed by atoms with van der Waals surface area (Å²) in [5.74, 6) is -1.22. The molecule has 0 aliphatic rings. The molecule has 0 atom stereocenters. The number of carbonyl (C=O) groups is 2. The minimum Gasteiger partial charge on any atom is -0.506 e. The molecule has 8 nitrogen and oxygen atoms in total. The van der Waals surface area contributed by atoms with Crippen molar-refractivity contribution in [3.63, 3.8) is 0 Å². The van der Waals surface area contributed by atoms with Crippen molar-refractivity contribution in [2.45, 2.75) is 39.2 Å². The van der Waals surface area contributed by atoms with Gasteiger partial charge in [0, 0.05) is 31.1 Å². The number of aryl methyl sites for hydroxylation is 2. The van der Waals surface area contributed by atoms with Gasteiger partial charge in [-0.1, -0.05) is 13.3 Å². The van der Waals surface area contributed by atoms with Crippen LogP contribution in [0.15, 0.2) is 42.9 Å². The molecule has 0 unspecified atom stereocenters. The number of anilines is 1. The number of carboxylic acid groups (broad SMARTS) is 1. The topological polar surface area (TPSA) is 120 Å². The van der Waals surface area contributed by atoms with E-state index in [-0.39, 0.29) is 23.6 Å². The molecule has 0 aliphatic carbocycles. The van der Waals surface area contributed by atoms with Gasteiger partial charge in [-0.3, -0.25) is 9.78 Å². The molecular weight excluding hydrogens is 372 g/mol. The van der Waals surface area contributed by atoms with E-state index in [9.17, 15) is 19.8 Å². The maximum atomic E-state index is 12.3. The first-order valence-electron chi connectivity index (χ1n) is 9.52. The Morgan fingerprint density at radius 3 is 2.72 bits per heavy atom. The van der Waals surface area contributed by atoms with E-state index in [1.807, 2.05) is 12.1 Å². The monoisotopic (exact) mass is 396 g/mol. The van der Waals surface area contributed by atoms with Crippen molar-refractivity contribution in [1.82, 2.24) is 14.5 Å². The van der Waals surface area contributed by atoms with E-state index in [0.717, 1.165) is 24.2 Å². The Kier molecular flexibility index (Phi) is 6.33. The van der Waals surface area contributed by atoms with Crippen LogP contribution in [0.4, 0.5) is 5.69 Å². The molecule has 0 spiro atoms. The van der Waals surface area contributed by atoms with Crippen LogP contribution < -0.4 is 5.32 Å². The summed E-state index contributed by atoms with van der Waals surface area (Å²) >= 11 is 0. The van der Waals surface area contributed by atoms with Crippen LogP contribution in [0.1, 0.15) is 42.2 Å². The van der Waals surface area contributed by atoms with E-state index in [0.29, 0.717) is 24.3 Å².